The summed E-state index contributed by atoms with van der Waals surface area (Å²) in [4.78, 5) is 13.9. The Kier molecular flexibility index (Phi) is 3.76. The predicted octanol–water partition coefficient (Wildman–Crippen LogP) is 1.83. The smallest absolute Gasteiger partial charge is 0.223 e. The standard InChI is InChI=1S/C14H21NO3/c1-11-10-15(8-7-14(11,2)17)13(16)6-5-12-4-3-9-18-12/h3-4,9,11,17H,5-8,10H2,1-2H3/t11-,14+/m1/s1. The summed E-state index contributed by atoms with van der Waals surface area (Å²) in [5, 5.41) is 10.1. The van der Waals surface area contributed by atoms with Crippen molar-refractivity contribution in [1.82, 2.24) is 4.90 Å². The van der Waals surface area contributed by atoms with Gasteiger partial charge in [0, 0.05) is 31.8 Å². The van der Waals surface area contributed by atoms with Gasteiger partial charge in [0.05, 0.1) is 11.9 Å². The van der Waals surface area contributed by atoms with Crippen LogP contribution in [0.25, 0.3) is 0 Å². The topological polar surface area (TPSA) is 53.7 Å². The lowest BCUT2D eigenvalue weighted by molar-refractivity contribution is -0.138. The van der Waals surface area contributed by atoms with Crippen LogP contribution in [0.4, 0.5) is 0 Å². The quantitative estimate of drug-likeness (QED) is 0.891. The van der Waals surface area contributed by atoms with Crippen molar-refractivity contribution in [2.75, 3.05) is 13.1 Å². The van der Waals surface area contributed by atoms with Crippen LogP contribution < -0.4 is 0 Å². The molecule has 1 fully saturated rings. The molecular formula is C14H21NO3. The van der Waals surface area contributed by atoms with Gasteiger partial charge in [-0.05, 0) is 25.5 Å². The van der Waals surface area contributed by atoms with Gasteiger partial charge in [-0.1, -0.05) is 6.92 Å². The third-order valence-corrected chi connectivity index (χ3v) is 3.96. The van der Waals surface area contributed by atoms with Crippen LogP contribution in [-0.2, 0) is 11.2 Å². The predicted molar refractivity (Wildman–Crippen MR) is 68.0 cm³/mol. The normalized spacial score (nSPS) is 28.4. The Morgan fingerprint density at radius 3 is 3.06 bits per heavy atom. The highest BCUT2D eigenvalue weighted by Crippen LogP contribution is 2.27. The van der Waals surface area contributed by atoms with Gasteiger partial charge in [-0.3, -0.25) is 4.79 Å². The fourth-order valence-corrected chi connectivity index (χ4v) is 2.30. The molecule has 0 saturated carbocycles. The van der Waals surface area contributed by atoms with Gasteiger partial charge in [-0.25, -0.2) is 0 Å². The average molecular weight is 251 g/mol. The highest BCUT2D eigenvalue weighted by atomic mass is 16.3. The molecule has 1 amide bonds. The Hall–Kier alpha value is -1.29. The summed E-state index contributed by atoms with van der Waals surface area (Å²) in [7, 11) is 0. The van der Waals surface area contributed by atoms with Crippen molar-refractivity contribution in [1.29, 1.82) is 0 Å². The van der Waals surface area contributed by atoms with Gasteiger partial charge in [0.25, 0.3) is 0 Å². The van der Waals surface area contributed by atoms with E-state index in [0.717, 1.165) is 5.76 Å². The number of hydrogen-bond donors (Lipinski definition) is 1. The molecule has 2 heterocycles. The highest BCUT2D eigenvalue weighted by Gasteiger charge is 2.35. The van der Waals surface area contributed by atoms with Crippen molar-refractivity contribution >= 4 is 5.91 Å². The van der Waals surface area contributed by atoms with Crippen molar-refractivity contribution in [2.24, 2.45) is 5.92 Å². The molecule has 1 N–H and O–H groups in total. The van der Waals surface area contributed by atoms with Gasteiger partial charge in [-0.15, -0.1) is 0 Å². The Labute approximate surface area is 108 Å². The number of likely N-dealkylation sites (tertiary alicyclic amines) is 1. The Balaban J connectivity index is 1.83. The maximum atomic E-state index is 12.1. The maximum absolute atomic E-state index is 12.1. The first kappa shape index (κ1) is 13.1. The number of carbonyl (C=O) groups is 1. The van der Waals surface area contributed by atoms with Gasteiger partial charge in [0.15, 0.2) is 0 Å². The molecule has 0 unspecified atom stereocenters. The lowest BCUT2D eigenvalue weighted by atomic mass is 9.84. The minimum Gasteiger partial charge on any atom is -0.469 e. The summed E-state index contributed by atoms with van der Waals surface area (Å²) in [5.74, 6) is 1.12. The van der Waals surface area contributed by atoms with E-state index in [2.05, 4.69) is 0 Å². The molecule has 0 aliphatic carbocycles. The van der Waals surface area contributed by atoms with E-state index < -0.39 is 5.60 Å². The van der Waals surface area contributed by atoms with E-state index in [9.17, 15) is 9.90 Å². The fraction of sp³-hybridized carbons (Fsp3) is 0.643. The van der Waals surface area contributed by atoms with E-state index in [1.165, 1.54) is 0 Å². The Morgan fingerprint density at radius 1 is 1.67 bits per heavy atom. The maximum Gasteiger partial charge on any atom is 0.223 e. The highest BCUT2D eigenvalue weighted by molar-refractivity contribution is 5.76. The molecule has 100 valence electrons. The molecule has 1 aliphatic heterocycles. The van der Waals surface area contributed by atoms with Crippen LogP contribution in [-0.4, -0.2) is 34.6 Å². The van der Waals surface area contributed by atoms with Crippen molar-refractivity contribution in [3.63, 3.8) is 0 Å². The number of carbonyl (C=O) groups excluding carboxylic acids is 1. The Bertz CT molecular complexity index is 397. The second kappa shape index (κ2) is 5.14. The molecule has 1 aromatic rings. The van der Waals surface area contributed by atoms with Gasteiger partial charge < -0.3 is 14.4 Å². The number of hydrogen-bond acceptors (Lipinski definition) is 3. The van der Waals surface area contributed by atoms with Gasteiger partial charge in [0.2, 0.25) is 5.91 Å². The molecule has 18 heavy (non-hydrogen) atoms. The zero-order valence-corrected chi connectivity index (χ0v) is 11.1. The SMILES string of the molecule is C[C@@H]1CN(C(=O)CCc2ccco2)CC[C@]1(C)O. The summed E-state index contributed by atoms with van der Waals surface area (Å²) in [6.07, 6.45) is 3.40. The van der Waals surface area contributed by atoms with Crippen LogP contribution in [0.15, 0.2) is 22.8 Å². The molecule has 2 rings (SSSR count). The zero-order valence-electron chi connectivity index (χ0n) is 11.1. The van der Waals surface area contributed by atoms with Crippen LogP contribution in [0.3, 0.4) is 0 Å². The number of aliphatic hydroxyl groups is 1. The zero-order chi connectivity index (χ0) is 13.2. The number of amides is 1. The van der Waals surface area contributed by atoms with Crippen LogP contribution in [0.2, 0.25) is 0 Å². The average Bonchev–Trinajstić information content (AvgIpc) is 2.82. The molecule has 1 aliphatic rings. The Morgan fingerprint density at radius 2 is 2.44 bits per heavy atom. The van der Waals surface area contributed by atoms with Gasteiger partial charge >= 0.3 is 0 Å². The number of rotatable bonds is 3. The summed E-state index contributed by atoms with van der Waals surface area (Å²) in [6.45, 7) is 5.13. The van der Waals surface area contributed by atoms with E-state index in [-0.39, 0.29) is 11.8 Å². The summed E-state index contributed by atoms with van der Waals surface area (Å²) >= 11 is 0. The van der Waals surface area contributed by atoms with Gasteiger partial charge in [0.1, 0.15) is 5.76 Å². The summed E-state index contributed by atoms with van der Waals surface area (Å²) in [6, 6.07) is 3.72. The minimum absolute atomic E-state index is 0.124. The number of aryl methyl sites for hydroxylation is 1. The van der Waals surface area contributed by atoms with E-state index in [0.29, 0.717) is 32.4 Å². The molecule has 0 bridgehead atoms. The lowest BCUT2D eigenvalue weighted by Crippen LogP contribution is -2.50. The van der Waals surface area contributed by atoms with E-state index in [1.54, 1.807) is 6.26 Å². The van der Waals surface area contributed by atoms with E-state index >= 15 is 0 Å². The minimum atomic E-state index is -0.641. The molecule has 1 saturated heterocycles. The molecule has 0 spiro atoms. The second-order valence-corrected chi connectivity index (χ2v) is 5.43. The summed E-state index contributed by atoms with van der Waals surface area (Å²) in [5.41, 5.74) is -0.641. The number of nitrogens with zero attached hydrogens (tertiary/aromatic N) is 1. The molecule has 1 aromatic heterocycles. The van der Waals surface area contributed by atoms with Crippen molar-refractivity contribution in [3.8, 4) is 0 Å². The number of furan rings is 1. The van der Waals surface area contributed by atoms with Crippen LogP contribution in [0, 0.1) is 5.92 Å². The molecule has 4 heteroatoms. The largest absolute Gasteiger partial charge is 0.469 e. The number of piperidine rings is 1. The lowest BCUT2D eigenvalue weighted by Gasteiger charge is -2.41. The molecule has 4 nitrogen and oxygen atoms in total. The van der Waals surface area contributed by atoms with E-state index in [4.69, 9.17) is 4.42 Å². The molecular weight excluding hydrogens is 230 g/mol. The van der Waals surface area contributed by atoms with Crippen molar-refractivity contribution < 1.29 is 14.3 Å². The second-order valence-electron chi connectivity index (χ2n) is 5.43. The molecule has 2 atom stereocenters. The monoisotopic (exact) mass is 251 g/mol. The van der Waals surface area contributed by atoms with Gasteiger partial charge in [-0.2, -0.15) is 0 Å². The van der Waals surface area contributed by atoms with Crippen LogP contribution in [0.5, 0.6) is 0 Å². The van der Waals surface area contributed by atoms with Crippen LogP contribution in [0.1, 0.15) is 32.4 Å². The third-order valence-electron chi connectivity index (χ3n) is 3.96. The van der Waals surface area contributed by atoms with Crippen molar-refractivity contribution in [2.45, 2.75) is 38.7 Å². The molecule has 0 aromatic carbocycles. The summed E-state index contributed by atoms with van der Waals surface area (Å²) < 4.78 is 5.21. The van der Waals surface area contributed by atoms with Crippen molar-refractivity contribution in [3.05, 3.63) is 24.2 Å². The molecule has 0 radical (unpaired) electrons. The fourth-order valence-electron chi connectivity index (χ4n) is 2.30. The third kappa shape index (κ3) is 2.93. The first-order valence-electron chi connectivity index (χ1n) is 6.51. The van der Waals surface area contributed by atoms with E-state index in [1.807, 2.05) is 30.9 Å². The first-order valence-corrected chi connectivity index (χ1v) is 6.51. The van der Waals surface area contributed by atoms with Crippen LogP contribution >= 0.6 is 0 Å². The first-order chi connectivity index (χ1) is 8.49.